The molecule has 0 aliphatic carbocycles. The average Bonchev–Trinajstić information content (AvgIpc) is 3.03. The van der Waals surface area contributed by atoms with Crippen LogP contribution < -0.4 is 10.6 Å². The largest absolute Gasteiger partial charge is 0.325 e. The Bertz CT molecular complexity index is 1030. The molecular weight excluding hydrogens is 436 g/mol. The number of hydrogen-bond donors (Lipinski definition) is 2. The number of imide groups is 1. The number of anilines is 1. The quantitative estimate of drug-likeness (QED) is 0.415. The molecule has 1 aromatic heterocycles. The Balaban J connectivity index is 1.61. The summed E-state index contributed by atoms with van der Waals surface area (Å²) in [6.07, 6.45) is 0. The first kappa shape index (κ1) is 20.5. The molecule has 3 rings (SSSR count). The van der Waals surface area contributed by atoms with Crippen LogP contribution in [-0.2, 0) is 4.79 Å². The van der Waals surface area contributed by atoms with Crippen LogP contribution in [0.1, 0.15) is 6.92 Å². The molecule has 2 aromatic carbocycles. The van der Waals surface area contributed by atoms with Crippen LogP contribution in [0, 0.1) is 3.95 Å². The van der Waals surface area contributed by atoms with Crippen molar-refractivity contribution in [3.63, 3.8) is 0 Å². The maximum absolute atomic E-state index is 12.3. The zero-order valence-corrected chi connectivity index (χ0v) is 17.8. The maximum Gasteiger partial charge on any atom is 0.325 e. The van der Waals surface area contributed by atoms with Gasteiger partial charge in [0, 0.05) is 10.7 Å². The van der Waals surface area contributed by atoms with Crippen LogP contribution in [0.25, 0.3) is 5.69 Å². The Morgan fingerprint density at radius 3 is 2.54 bits per heavy atom. The van der Waals surface area contributed by atoms with Gasteiger partial charge in [-0.15, -0.1) is 5.10 Å². The molecule has 0 aliphatic rings. The van der Waals surface area contributed by atoms with Crippen molar-refractivity contribution in [3.05, 3.63) is 63.6 Å². The maximum atomic E-state index is 12.3. The van der Waals surface area contributed by atoms with Gasteiger partial charge < -0.3 is 5.32 Å². The summed E-state index contributed by atoms with van der Waals surface area (Å²) < 4.78 is 2.80. The van der Waals surface area contributed by atoms with Crippen molar-refractivity contribution in [2.75, 3.05) is 5.32 Å². The predicted octanol–water partition coefficient (Wildman–Crippen LogP) is 5.15. The highest BCUT2D eigenvalue weighted by Gasteiger charge is 2.19. The van der Waals surface area contributed by atoms with Crippen LogP contribution in [0.4, 0.5) is 10.5 Å². The van der Waals surface area contributed by atoms with Crippen molar-refractivity contribution in [1.82, 2.24) is 15.1 Å². The highest BCUT2D eigenvalue weighted by Crippen LogP contribution is 2.28. The summed E-state index contributed by atoms with van der Waals surface area (Å²) in [5.41, 5.74) is 1.39. The molecule has 0 spiro atoms. The molecule has 1 unspecified atom stereocenters. The molecule has 2 N–H and O–H groups in total. The van der Waals surface area contributed by atoms with E-state index in [4.69, 9.17) is 23.8 Å². The van der Waals surface area contributed by atoms with Gasteiger partial charge >= 0.3 is 6.03 Å². The van der Waals surface area contributed by atoms with Crippen LogP contribution in [0.5, 0.6) is 0 Å². The standard InChI is InChI=1S/C18H15ClN4O2S3/c1-11(15(24)21-16(25)20-13-5-3-2-4-6-13)27-17-22-23(18(26)28-17)14-9-7-12(19)8-10-14/h2-11H,1H3,(H2,20,21,24,25). The second kappa shape index (κ2) is 9.33. The molecule has 3 amide bonds. The van der Waals surface area contributed by atoms with E-state index in [2.05, 4.69) is 15.7 Å². The zero-order valence-electron chi connectivity index (χ0n) is 14.6. The van der Waals surface area contributed by atoms with E-state index in [0.29, 0.717) is 19.0 Å². The Hall–Kier alpha value is -2.20. The van der Waals surface area contributed by atoms with Crippen LogP contribution in [0.15, 0.2) is 58.9 Å². The third-order valence-electron chi connectivity index (χ3n) is 3.52. The first-order valence-corrected chi connectivity index (χ1v) is 10.6. The van der Waals surface area contributed by atoms with E-state index in [9.17, 15) is 9.59 Å². The molecule has 0 radical (unpaired) electrons. The summed E-state index contributed by atoms with van der Waals surface area (Å²) in [5, 5.41) is 9.48. The van der Waals surface area contributed by atoms with E-state index in [1.54, 1.807) is 48.0 Å². The van der Waals surface area contributed by atoms with Gasteiger partial charge in [-0.3, -0.25) is 10.1 Å². The summed E-state index contributed by atoms with van der Waals surface area (Å²) in [7, 11) is 0. The summed E-state index contributed by atoms with van der Waals surface area (Å²) in [4.78, 5) is 24.2. The summed E-state index contributed by atoms with van der Waals surface area (Å²) in [6.45, 7) is 1.70. The van der Waals surface area contributed by atoms with Crippen molar-refractivity contribution in [2.45, 2.75) is 16.5 Å². The van der Waals surface area contributed by atoms with Gasteiger partial charge in [0.1, 0.15) is 0 Å². The highest BCUT2D eigenvalue weighted by molar-refractivity contribution is 8.02. The molecule has 10 heteroatoms. The van der Waals surface area contributed by atoms with E-state index in [1.807, 2.05) is 18.2 Å². The lowest BCUT2D eigenvalue weighted by molar-refractivity contribution is -0.119. The average molecular weight is 451 g/mol. The normalized spacial score (nSPS) is 11.6. The number of para-hydroxylation sites is 1. The van der Waals surface area contributed by atoms with E-state index in [1.165, 1.54) is 23.1 Å². The van der Waals surface area contributed by atoms with Gasteiger partial charge in [0.05, 0.1) is 10.9 Å². The lowest BCUT2D eigenvalue weighted by Gasteiger charge is -2.10. The second-order valence-corrected chi connectivity index (χ2v) is 9.24. The number of nitrogens with one attached hydrogen (secondary N) is 2. The third kappa shape index (κ3) is 5.41. The molecule has 1 atom stereocenters. The molecule has 3 aromatic rings. The van der Waals surface area contributed by atoms with Gasteiger partial charge in [0.2, 0.25) is 5.91 Å². The molecule has 1 heterocycles. The van der Waals surface area contributed by atoms with E-state index < -0.39 is 17.2 Å². The molecule has 0 aliphatic heterocycles. The lowest BCUT2D eigenvalue weighted by Crippen LogP contribution is -2.38. The third-order valence-corrected chi connectivity index (χ3v) is 6.18. The number of amides is 3. The Labute approximate surface area is 179 Å². The van der Waals surface area contributed by atoms with E-state index >= 15 is 0 Å². The zero-order chi connectivity index (χ0) is 20.1. The summed E-state index contributed by atoms with van der Waals surface area (Å²) in [6, 6.07) is 15.5. The van der Waals surface area contributed by atoms with Crippen LogP contribution in [0.3, 0.4) is 0 Å². The van der Waals surface area contributed by atoms with Gasteiger partial charge in [-0.1, -0.05) is 52.9 Å². The first-order chi connectivity index (χ1) is 13.4. The minimum absolute atomic E-state index is 0.419. The van der Waals surface area contributed by atoms with Crippen molar-refractivity contribution in [1.29, 1.82) is 0 Å². The van der Waals surface area contributed by atoms with Gasteiger partial charge in [-0.2, -0.15) is 0 Å². The summed E-state index contributed by atoms with van der Waals surface area (Å²) >= 11 is 13.8. The van der Waals surface area contributed by atoms with E-state index in [0.717, 1.165) is 5.69 Å². The smallest absolute Gasteiger partial charge is 0.308 e. The molecule has 6 nitrogen and oxygen atoms in total. The number of carbonyl (C=O) groups excluding carboxylic acids is 2. The fraction of sp³-hybridized carbons (Fsp3) is 0.111. The highest BCUT2D eigenvalue weighted by atomic mass is 35.5. The molecule has 0 bridgehead atoms. The van der Waals surface area contributed by atoms with Crippen LogP contribution in [-0.4, -0.2) is 27.0 Å². The number of rotatable bonds is 5. The Morgan fingerprint density at radius 2 is 1.86 bits per heavy atom. The number of nitrogens with zero attached hydrogens (tertiary/aromatic N) is 2. The molecule has 0 saturated heterocycles. The van der Waals surface area contributed by atoms with Gasteiger partial charge in [0.25, 0.3) is 0 Å². The van der Waals surface area contributed by atoms with Gasteiger partial charge in [0.15, 0.2) is 8.29 Å². The Kier molecular flexibility index (Phi) is 6.84. The molecule has 28 heavy (non-hydrogen) atoms. The fourth-order valence-corrected chi connectivity index (χ4v) is 4.79. The van der Waals surface area contributed by atoms with Gasteiger partial charge in [-0.25, -0.2) is 9.48 Å². The lowest BCUT2D eigenvalue weighted by atomic mass is 10.3. The minimum atomic E-state index is -0.581. The van der Waals surface area contributed by atoms with Crippen molar-refractivity contribution in [2.24, 2.45) is 0 Å². The number of hydrogen-bond acceptors (Lipinski definition) is 6. The number of urea groups is 1. The monoisotopic (exact) mass is 450 g/mol. The van der Waals surface area contributed by atoms with Crippen molar-refractivity contribution in [3.8, 4) is 5.69 Å². The number of benzene rings is 2. The number of halogens is 1. The van der Waals surface area contributed by atoms with Crippen LogP contribution >= 0.6 is 46.9 Å². The Morgan fingerprint density at radius 1 is 1.18 bits per heavy atom. The van der Waals surface area contributed by atoms with E-state index in [-0.39, 0.29) is 0 Å². The first-order valence-electron chi connectivity index (χ1n) is 8.12. The topological polar surface area (TPSA) is 76.0 Å². The molecule has 144 valence electrons. The van der Waals surface area contributed by atoms with Crippen LogP contribution in [0.2, 0.25) is 5.02 Å². The number of aromatic nitrogens is 2. The molecule has 0 fully saturated rings. The SMILES string of the molecule is CC(Sc1nn(-c2ccc(Cl)cc2)c(=S)s1)C(=O)NC(=O)Nc1ccccc1. The van der Waals surface area contributed by atoms with Crippen molar-refractivity contribution >= 4 is 64.5 Å². The number of carbonyl (C=O) groups is 2. The van der Waals surface area contributed by atoms with Crippen molar-refractivity contribution < 1.29 is 9.59 Å². The van der Waals surface area contributed by atoms with Gasteiger partial charge in [-0.05, 0) is 55.5 Å². The fourth-order valence-electron chi connectivity index (χ4n) is 2.16. The summed E-state index contributed by atoms with van der Waals surface area (Å²) in [5.74, 6) is -0.419. The minimum Gasteiger partial charge on any atom is -0.308 e. The molecular formula is C18H15ClN4O2S3. The molecule has 0 saturated carbocycles. The number of thioether (sulfide) groups is 1. The predicted molar refractivity (Wildman–Crippen MR) is 116 cm³/mol. The second-order valence-electron chi connectivity index (χ2n) is 5.59.